The molecular weight excluding hydrogens is 160 g/mol. The number of likely N-dealkylation sites (N-methyl/N-ethyl adjacent to an activating group) is 2. The van der Waals surface area contributed by atoms with Crippen LogP contribution in [-0.4, -0.2) is 37.6 Å². The molecule has 0 bridgehead atoms. The van der Waals surface area contributed by atoms with Gasteiger partial charge in [-0.2, -0.15) is 0 Å². The topological polar surface area (TPSA) is 15.3 Å². The van der Waals surface area contributed by atoms with Crippen LogP contribution in [0, 0.1) is 11.8 Å². The molecule has 0 aromatic carbocycles. The molecule has 13 heavy (non-hydrogen) atoms. The summed E-state index contributed by atoms with van der Waals surface area (Å²) in [5.74, 6) is 1.94. The molecule has 1 N–H and O–H groups in total. The minimum absolute atomic E-state index is 0.582. The molecule has 1 aliphatic carbocycles. The molecule has 78 valence electrons. The largest absolute Gasteiger partial charge is 0.316 e. The van der Waals surface area contributed by atoms with Gasteiger partial charge in [-0.3, -0.25) is 0 Å². The van der Waals surface area contributed by atoms with Gasteiger partial charge < -0.3 is 10.2 Å². The Kier molecular flexibility index (Phi) is 3.74. The average Bonchev–Trinajstić information content (AvgIpc) is 2.79. The van der Waals surface area contributed by atoms with E-state index in [1.54, 1.807) is 0 Å². The summed E-state index contributed by atoms with van der Waals surface area (Å²) >= 11 is 0. The fraction of sp³-hybridized carbons (Fsp3) is 1.00. The van der Waals surface area contributed by atoms with Crippen LogP contribution in [0.5, 0.6) is 0 Å². The van der Waals surface area contributed by atoms with Crippen LogP contribution in [0.25, 0.3) is 0 Å². The normalized spacial score (nSPS) is 31.8. The first-order valence-electron chi connectivity index (χ1n) is 5.43. The minimum atomic E-state index is 0.582. The van der Waals surface area contributed by atoms with Crippen molar-refractivity contribution in [2.45, 2.75) is 39.3 Å². The first kappa shape index (κ1) is 11.0. The van der Waals surface area contributed by atoms with E-state index in [9.17, 15) is 0 Å². The van der Waals surface area contributed by atoms with E-state index >= 15 is 0 Å². The molecule has 0 radical (unpaired) electrons. The predicted octanol–water partition coefficient (Wildman–Crippen LogP) is 1.57. The van der Waals surface area contributed by atoms with Crippen LogP contribution < -0.4 is 5.32 Å². The fourth-order valence-electron chi connectivity index (χ4n) is 1.81. The lowest BCUT2D eigenvalue weighted by molar-refractivity contribution is 0.208. The van der Waals surface area contributed by atoms with Crippen molar-refractivity contribution in [1.29, 1.82) is 0 Å². The molecule has 0 aliphatic heterocycles. The second kappa shape index (κ2) is 4.43. The van der Waals surface area contributed by atoms with Gasteiger partial charge in [0.1, 0.15) is 0 Å². The van der Waals surface area contributed by atoms with Crippen molar-refractivity contribution in [2.24, 2.45) is 11.8 Å². The van der Waals surface area contributed by atoms with Gasteiger partial charge in [0.15, 0.2) is 0 Å². The maximum Gasteiger partial charge on any atom is 0.0215 e. The van der Waals surface area contributed by atoms with Crippen LogP contribution >= 0.6 is 0 Å². The molecule has 0 spiro atoms. The van der Waals surface area contributed by atoms with Crippen molar-refractivity contribution in [3.05, 3.63) is 0 Å². The van der Waals surface area contributed by atoms with E-state index in [1.165, 1.54) is 13.0 Å². The molecule has 4 atom stereocenters. The number of hydrogen-bond donors (Lipinski definition) is 1. The summed E-state index contributed by atoms with van der Waals surface area (Å²) in [5.41, 5.74) is 0. The quantitative estimate of drug-likeness (QED) is 0.698. The third-order valence-corrected chi connectivity index (χ3v) is 3.67. The summed E-state index contributed by atoms with van der Waals surface area (Å²) in [6, 6.07) is 1.22. The zero-order valence-corrected chi connectivity index (χ0v) is 9.67. The average molecular weight is 184 g/mol. The SMILES string of the molecule is CNC(C)C(C)N(C)CC1CC1C. The molecule has 1 saturated carbocycles. The van der Waals surface area contributed by atoms with Crippen molar-refractivity contribution in [3.63, 3.8) is 0 Å². The van der Waals surface area contributed by atoms with E-state index in [4.69, 9.17) is 0 Å². The highest BCUT2D eigenvalue weighted by molar-refractivity contribution is 4.86. The number of nitrogens with zero attached hydrogens (tertiary/aromatic N) is 1. The molecule has 1 aliphatic rings. The van der Waals surface area contributed by atoms with E-state index in [1.807, 2.05) is 7.05 Å². The Morgan fingerprint density at radius 1 is 1.46 bits per heavy atom. The summed E-state index contributed by atoms with van der Waals surface area (Å²) < 4.78 is 0. The standard InChI is InChI=1S/C11H24N2/c1-8-6-11(8)7-13(5)10(3)9(2)12-4/h8-12H,6-7H2,1-5H3. The van der Waals surface area contributed by atoms with E-state index in [2.05, 4.69) is 38.0 Å². The lowest BCUT2D eigenvalue weighted by Gasteiger charge is -2.29. The highest BCUT2D eigenvalue weighted by Gasteiger charge is 2.34. The zero-order valence-electron chi connectivity index (χ0n) is 9.67. The van der Waals surface area contributed by atoms with Crippen molar-refractivity contribution >= 4 is 0 Å². The molecule has 0 aromatic rings. The third kappa shape index (κ3) is 2.96. The lowest BCUT2D eigenvalue weighted by Crippen LogP contribution is -2.44. The van der Waals surface area contributed by atoms with Crippen molar-refractivity contribution in [1.82, 2.24) is 10.2 Å². The number of hydrogen-bond acceptors (Lipinski definition) is 2. The first-order chi connectivity index (χ1) is 6.06. The Morgan fingerprint density at radius 2 is 2.00 bits per heavy atom. The molecule has 4 unspecified atom stereocenters. The second-order valence-corrected chi connectivity index (χ2v) is 4.73. The van der Waals surface area contributed by atoms with Crippen molar-refractivity contribution in [2.75, 3.05) is 20.6 Å². The van der Waals surface area contributed by atoms with E-state index in [0.29, 0.717) is 12.1 Å². The summed E-state index contributed by atoms with van der Waals surface area (Å²) in [7, 11) is 4.28. The van der Waals surface area contributed by atoms with Gasteiger partial charge in [0.05, 0.1) is 0 Å². The second-order valence-electron chi connectivity index (χ2n) is 4.73. The molecule has 0 amide bonds. The van der Waals surface area contributed by atoms with Gasteiger partial charge in [0, 0.05) is 18.6 Å². The van der Waals surface area contributed by atoms with Crippen molar-refractivity contribution in [3.8, 4) is 0 Å². The van der Waals surface area contributed by atoms with Crippen LogP contribution in [0.4, 0.5) is 0 Å². The minimum Gasteiger partial charge on any atom is -0.316 e. The zero-order chi connectivity index (χ0) is 10.0. The maximum absolute atomic E-state index is 3.31. The third-order valence-electron chi connectivity index (χ3n) is 3.67. The monoisotopic (exact) mass is 184 g/mol. The van der Waals surface area contributed by atoms with Gasteiger partial charge in [-0.15, -0.1) is 0 Å². The van der Waals surface area contributed by atoms with E-state index in [0.717, 1.165) is 11.8 Å². The maximum atomic E-state index is 3.31. The van der Waals surface area contributed by atoms with Gasteiger partial charge in [0.2, 0.25) is 0 Å². The lowest BCUT2D eigenvalue weighted by atomic mass is 10.1. The van der Waals surface area contributed by atoms with Crippen molar-refractivity contribution < 1.29 is 0 Å². The first-order valence-corrected chi connectivity index (χ1v) is 5.43. The Morgan fingerprint density at radius 3 is 2.38 bits per heavy atom. The van der Waals surface area contributed by atoms with Crippen LogP contribution in [-0.2, 0) is 0 Å². The number of nitrogens with one attached hydrogen (secondary N) is 1. The van der Waals surface area contributed by atoms with Crippen LogP contribution in [0.15, 0.2) is 0 Å². The van der Waals surface area contributed by atoms with Crippen LogP contribution in [0.3, 0.4) is 0 Å². The molecule has 2 heteroatoms. The molecule has 2 nitrogen and oxygen atoms in total. The number of rotatable bonds is 5. The Balaban J connectivity index is 2.25. The smallest absolute Gasteiger partial charge is 0.0215 e. The Labute approximate surface area is 82.7 Å². The Hall–Kier alpha value is -0.0800. The molecule has 1 fully saturated rings. The highest BCUT2D eigenvalue weighted by atomic mass is 15.2. The molecule has 0 aromatic heterocycles. The fourth-order valence-corrected chi connectivity index (χ4v) is 1.81. The molecule has 0 heterocycles. The summed E-state index contributed by atoms with van der Waals surface area (Å²) in [5, 5.41) is 3.31. The summed E-state index contributed by atoms with van der Waals surface area (Å²) in [6.45, 7) is 8.17. The van der Waals surface area contributed by atoms with Crippen LogP contribution in [0.1, 0.15) is 27.2 Å². The van der Waals surface area contributed by atoms with Gasteiger partial charge in [-0.25, -0.2) is 0 Å². The predicted molar refractivity (Wildman–Crippen MR) is 57.9 cm³/mol. The van der Waals surface area contributed by atoms with Gasteiger partial charge in [0.25, 0.3) is 0 Å². The van der Waals surface area contributed by atoms with Gasteiger partial charge in [-0.1, -0.05) is 6.92 Å². The molecular formula is C11H24N2. The van der Waals surface area contributed by atoms with Gasteiger partial charge in [-0.05, 0) is 46.2 Å². The summed E-state index contributed by atoms with van der Waals surface area (Å²) in [6.07, 6.45) is 1.44. The Bertz CT molecular complexity index is 158. The van der Waals surface area contributed by atoms with Crippen LogP contribution in [0.2, 0.25) is 0 Å². The van der Waals surface area contributed by atoms with Gasteiger partial charge >= 0.3 is 0 Å². The van der Waals surface area contributed by atoms with E-state index in [-0.39, 0.29) is 0 Å². The van der Waals surface area contributed by atoms with E-state index < -0.39 is 0 Å². The molecule has 0 saturated heterocycles. The highest BCUT2D eigenvalue weighted by Crippen LogP contribution is 2.38. The summed E-state index contributed by atoms with van der Waals surface area (Å²) in [4.78, 5) is 2.48. The molecule has 1 rings (SSSR count).